The number of fused-ring (bicyclic) bond motifs is 1. The summed E-state index contributed by atoms with van der Waals surface area (Å²) in [6.07, 6.45) is 0.882. The van der Waals surface area contributed by atoms with Crippen LogP contribution in [0.3, 0.4) is 0 Å². The fourth-order valence-corrected chi connectivity index (χ4v) is 4.26. The Balaban J connectivity index is 1.37. The van der Waals surface area contributed by atoms with Crippen LogP contribution in [-0.2, 0) is 13.1 Å². The van der Waals surface area contributed by atoms with Gasteiger partial charge < -0.3 is 20.7 Å². The van der Waals surface area contributed by atoms with Gasteiger partial charge in [0.25, 0.3) is 0 Å². The van der Waals surface area contributed by atoms with Crippen LogP contribution in [0.4, 0.5) is 0 Å². The second-order valence-corrected chi connectivity index (χ2v) is 8.05. The van der Waals surface area contributed by atoms with Crippen molar-refractivity contribution in [2.45, 2.75) is 32.5 Å². The molecule has 2 aliphatic heterocycles. The third-order valence-corrected chi connectivity index (χ3v) is 6.12. The van der Waals surface area contributed by atoms with Gasteiger partial charge >= 0.3 is 0 Å². The Morgan fingerprint density at radius 1 is 1.03 bits per heavy atom. The molecule has 0 bridgehead atoms. The topological polar surface area (TPSA) is 66.1 Å². The molecule has 0 aromatic heterocycles. The van der Waals surface area contributed by atoms with E-state index in [0.29, 0.717) is 19.1 Å². The van der Waals surface area contributed by atoms with Crippen molar-refractivity contribution in [3.63, 3.8) is 0 Å². The molecular weight excluding hydrogens is 374 g/mol. The molecule has 0 aliphatic carbocycles. The van der Waals surface area contributed by atoms with Crippen LogP contribution in [-0.4, -0.2) is 55.1 Å². The summed E-state index contributed by atoms with van der Waals surface area (Å²) >= 11 is 0. The maximum absolute atomic E-state index is 6.26. The van der Waals surface area contributed by atoms with Crippen molar-refractivity contribution in [2.75, 3.05) is 39.3 Å². The van der Waals surface area contributed by atoms with Crippen LogP contribution >= 0.6 is 0 Å². The number of benzene rings is 2. The number of hydrogen-bond donors (Lipinski definition) is 2. The Morgan fingerprint density at radius 3 is 2.53 bits per heavy atom. The van der Waals surface area contributed by atoms with E-state index in [1.54, 1.807) is 0 Å². The van der Waals surface area contributed by atoms with Gasteiger partial charge in [0.1, 0.15) is 5.75 Å². The number of hydrogen-bond acceptors (Lipinski definition) is 4. The average Bonchev–Trinajstić information content (AvgIpc) is 2.79. The fraction of sp³-hybridized carbons (Fsp3) is 0.458. The van der Waals surface area contributed by atoms with E-state index in [2.05, 4.69) is 57.4 Å². The molecule has 6 nitrogen and oxygen atoms in total. The number of likely N-dealkylation sites (N-methyl/N-ethyl adjacent to an activating group) is 1. The number of para-hydroxylation sites is 1. The standard InChI is InChI=1S/C24H33N5O/c1-2-28-12-14-29(15-13-28)18-20-8-4-3-7-19(20)17-26-24(25)27-22-11-16-30-23-10-6-5-9-21(22)23/h3-10,22H,2,11-18H2,1H3,(H3,25,26,27). The Hall–Kier alpha value is -2.57. The minimum Gasteiger partial charge on any atom is -0.493 e. The molecule has 2 aromatic rings. The minimum atomic E-state index is 0.142. The highest BCUT2D eigenvalue weighted by molar-refractivity contribution is 5.78. The zero-order valence-corrected chi connectivity index (χ0v) is 17.9. The Bertz CT molecular complexity index is 860. The van der Waals surface area contributed by atoms with E-state index in [9.17, 15) is 0 Å². The predicted molar refractivity (Wildman–Crippen MR) is 122 cm³/mol. The summed E-state index contributed by atoms with van der Waals surface area (Å²) in [6, 6.07) is 16.9. The van der Waals surface area contributed by atoms with Crippen LogP contribution in [0.2, 0.25) is 0 Å². The molecule has 160 valence electrons. The number of rotatable bonds is 6. The quantitative estimate of drug-likeness (QED) is 0.569. The summed E-state index contributed by atoms with van der Waals surface area (Å²) in [5.74, 6) is 1.42. The average molecular weight is 408 g/mol. The summed E-state index contributed by atoms with van der Waals surface area (Å²) in [6.45, 7) is 10.2. The van der Waals surface area contributed by atoms with E-state index >= 15 is 0 Å². The van der Waals surface area contributed by atoms with Gasteiger partial charge in [-0.3, -0.25) is 4.90 Å². The number of aliphatic imine (C=N–C) groups is 1. The second-order valence-electron chi connectivity index (χ2n) is 8.05. The Morgan fingerprint density at radius 2 is 1.73 bits per heavy atom. The summed E-state index contributed by atoms with van der Waals surface area (Å²) in [4.78, 5) is 9.70. The van der Waals surface area contributed by atoms with Crippen LogP contribution in [0.5, 0.6) is 5.75 Å². The third kappa shape index (κ3) is 5.12. The molecule has 1 atom stereocenters. The predicted octanol–water partition coefficient (Wildman–Crippen LogP) is 2.75. The van der Waals surface area contributed by atoms with Gasteiger partial charge in [0.15, 0.2) is 5.96 Å². The summed E-state index contributed by atoms with van der Waals surface area (Å²) in [5, 5.41) is 3.39. The highest BCUT2D eigenvalue weighted by Crippen LogP contribution is 2.31. The van der Waals surface area contributed by atoms with Crippen molar-refractivity contribution >= 4 is 5.96 Å². The minimum absolute atomic E-state index is 0.142. The smallest absolute Gasteiger partial charge is 0.189 e. The molecule has 4 rings (SSSR count). The number of nitrogens with one attached hydrogen (secondary N) is 1. The first-order chi connectivity index (χ1) is 14.7. The molecule has 0 radical (unpaired) electrons. The Kier molecular flexibility index (Phi) is 6.87. The molecule has 2 aliphatic rings. The van der Waals surface area contributed by atoms with Gasteiger partial charge in [-0.2, -0.15) is 0 Å². The molecule has 0 amide bonds. The molecule has 6 heteroatoms. The van der Waals surface area contributed by atoms with Crippen LogP contribution < -0.4 is 15.8 Å². The molecule has 2 aromatic carbocycles. The van der Waals surface area contributed by atoms with Crippen LogP contribution in [0.25, 0.3) is 0 Å². The lowest BCUT2D eigenvalue weighted by atomic mass is 10.0. The van der Waals surface area contributed by atoms with E-state index in [1.807, 2.05) is 18.2 Å². The van der Waals surface area contributed by atoms with Gasteiger partial charge in [0, 0.05) is 44.7 Å². The van der Waals surface area contributed by atoms with Crippen molar-refractivity contribution in [1.82, 2.24) is 15.1 Å². The van der Waals surface area contributed by atoms with E-state index in [-0.39, 0.29) is 6.04 Å². The SMILES string of the molecule is CCN1CCN(Cc2ccccc2CN=C(N)NC2CCOc3ccccc32)CC1. The van der Waals surface area contributed by atoms with Crippen molar-refractivity contribution < 1.29 is 4.74 Å². The van der Waals surface area contributed by atoms with Crippen molar-refractivity contribution in [3.05, 3.63) is 65.2 Å². The van der Waals surface area contributed by atoms with E-state index in [4.69, 9.17) is 10.5 Å². The normalized spacial score (nSPS) is 20.4. The van der Waals surface area contributed by atoms with Crippen molar-refractivity contribution in [1.29, 1.82) is 0 Å². The lowest BCUT2D eigenvalue weighted by Gasteiger charge is -2.34. The maximum atomic E-state index is 6.26. The molecule has 0 spiro atoms. The lowest BCUT2D eigenvalue weighted by molar-refractivity contribution is 0.131. The number of nitrogens with two attached hydrogens (primary N) is 1. The lowest BCUT2D eigenvalue weighted by Crippen LogP contribution is -2.45. The van der Waals surface area contributed by atoms with E-state index in [0.717, 1.165) is 57.0 Å². The summed E-state index contributed by atoms with van der Waals surface area (Å²) in [5.41, 5.74) is 9.99. The molecule has 0 saturated carbocycles. The number of nitrogens with zero attached hydrogens (tertiary/aromatic N) is 3. The first kappa shape index (κ1) is 20.7. The molecular formula is C24H33N5O. The zero-order valence-electron chi connectivity index (χ0n) is 17.9. The molecule has 3 N–H and O–H groups in total. The summed E-state index contributed by atoms with van der Waals surface area (Å²) < 4.78 is 5.74. The number of piperazine rings is 1. The molecule has 30 heavy (non-hydrogen) atoms. The molecule has 1 fully saturated rings. The Labute approximate surface area is 179 Å². The number of guanidine groups is 1. The maximum Gasteiger partial charge on any atom is 0.189 e. The summed E-state index contributed by atoms with van der Waals surface area (Å²) in [7, 11) is 0. The zero-order chi connectivity index (χ0) is 20.8. The van der Waals surface area contributed by atoms with Gasteiger partial charge in [-0.25, -0.2) is 4.99 Å². The van der Waals surface area contributed by atoms with Gasteiger partial charge in [-0.15, -0.1) is 0 Å². The van der Waals surface area contributed by atoms with Crippen LogP contribution in [0.1, 0.15) is 36.1 Å². The monoisotopic (exact) mass is 407 g/mol. The number of ether oxygens (including phenoxy) is 1. The van der Waals surface area contributed by atoms with Crippen LogP contribution in [0, 0.1) is 0 Å². The highest BCUT2D eigenvalue weighted by Gasteiger charge is 2.21. The largest absolute Gasteiger partial charge is 0.493 e. The highest BCUT2D eigenvalue weighted by atomic mass is 16.5. The fourth-order valence-electron chi connectivity index (χ4n) is 4.26. The third-order valence-electron chi connectivity index (χ3n) is 6.12. The van der Waals surface area contributed by atoms with Gasteiger partial charge in [0.05, 0.1) is 19.2 Å². The van der Waals surface area contributed by atoms with E-state index < -0.39 is 0 Å². The first-order valence-electron chi connectivity index (χ1n) is 11.0. The van der Waals surface area contributed by atoms with Crippen molar-refractivity contribution in [3.8, 4) is 5.75 Å². The molecule has 1 unspecified atom stereocenters. The van der Waals surface area contributed by atoms with E-state index in [1.165, 1.54) is 11.1 Å². The second kappa shape index (κ2) is 9.96. The molecule has 2 heterocycles. The van der Waals surface area contributed by atoms with Gasteiger partial charge in [-0.1, -0.05) is 49.4 Å². The van der Waals surface area contributed by atoms with Crippen LogP contribution in [0.15, 0.2) is 53.5 Å². The van der Waals surface area contributed by atoms with Gasteiger partial charge in [0.2, 0.25) is 0 Å². The van der Waals surface area contributed by atoms with Crippen molar-refractivity contribution in [2.24, 2.45) is 10.7 Å². The first-order valence-corrected chi connectivity index (χ1v) is 11.0. The molecule has 1 saturated heterocycles. The van der Waals surface area contributed by atoms with Gasteiger partial charge in [-0.05, 0) is 23.7 Å².